The molecule has 22 heavy (non-hydrogen) atoms. The Hall–Kier alpha value is -1.87. The number of alkyl halides is 1. The van der Waals surface area contributed by atoms with Gasteiger partial charge in [0.1, 0.15) is 6.61 Å². The Balaban J connectivity index is 1.82. The van der Waals surface area contributed by atoms with E-state index in [0.29, 0.717) is 25.9 Å². The molecule has 0 aliphatic carbocycles. The van der Waals surface area contributed by atoms with Crippen LogP contribution in [0, 0.1) is 17.2 Å². The predicted molar refractivity (Wildman–Crippen MR) is 83.9 cm³/mol. The molecule has 0 bridgehead atoms. The van der Waals surface area contributed by atoms with Crippen LogP contribution in [0.3, 0.4) is 0 Å². The molecule has 1 heterocycles. The first kappa shape index (κ1) is 16.5. The molecule has 1 aromatic carbocycles. The molecule has 0 unspecified atom stereocenters. The van der Waals surface area contributed by atoms with Gasteiger partial charge in [0.25, 0.3) is 0 Å². The number of benzene rings is 1. The molecule has 1 saturated heterocycles. The molecule has 0 aromatic heterocycles. The van der Waals surface area contributed by atoms with Crippen LogP contribution in [0.5, 0.6) is 0 Å². The maximum atomic E-state index is 12.2. The van der Waals surface area contributed by atoms with E-state index in [1.807, 2.05) is 30.3 Å². The van der Waals surface area contributed by atoms with Crippen LogP contribution in [-0.4, -0.2) is 34.7 Å². The minimum Gasteiger partial charge on any atom is -0.460 e. The number of esters is 1. The number of nitrogens with zero attached hydrogens (tertiary/aromatic N) is 2. The highest BCUT2D eigenvalue weighted by molar-refractivity contribution is 9.10. The van der Waals surface area contributed by atoms with Crippen molar-refractivity contribution in [2.75, 3.05) is 13.1 Å². The van der Waals surface area contributed by atoms with E-state index in [-0.39, 0.29) is 18.4 Å². The van der Waals surface area contributed by atoms with E-state index in [1.165, 1.54) is 0 Å². The number of ether oxygens (including phenoxy) is 1. The summed E-state index contributed by atoms with van der Waals surface area (Å²) in [6.07, 6.45) is 1.31. The number of rotatable bonds is 4. The Morgan fingerprint density at radius 2 is 1.95 bits per heavy atom. The fourth-order valence-electron chi connectivity index (χ4n) is 2.29. The Kier molecular flexibility index (Phi) is 5.96. The second kappa shape index (κ2) is 7.95. The summed E-state index contributed by atoms with van der Waals surface area (Å²) in [5.41, 5.74) is 0.873. The van der Waals surface area contributed by atoms with Crippen molar-refractivity contribution in [1.82, 2.24) is 4.90 Å². The first-order chi connectivity index (χ1) is 10.6. The van der Waals surface area contributed by atoms with Gasteiger partial charge in [0.2, 0.25) is 5.91 Å². The zero-order chi connectivity index (χ0) is 15.9. The lowest BCUT2D eigenvalue weighted by Gasteiger charge is -2.30. The first-order valence-electron chi connectivity index (χ1n) is 7.15. The Morgan fingerprint density at radius 1 is 1.32 bits per heavy atom. The van der Waals surface area contributed by atoms with Crippen LogP contribution in [0.25, 0.3) is 0 Å². The van der Waals surface area contributed by atoms with Crippen molar-refractivity contribution in [3.05, 3.63) is 35.9 Å². The number of halogens is 1. The third kappa shape index (κ3) is 4.31. The molecule has 1 atom stereocenters. The fraction of sp³-hybridized carbons (Fsp3) is 0.438. The third-order valence-corrected chi connectivity index (χ3v) is 4.40. The lowest BCUT2D eigenvalue weighted by Crippen LogP contribution is -2.44. The van der Waals surface area contributed by atoms with Crippen LogP contribution in [0.2, 0.25) is 0 Å². The highest BCUT2D eigenvalue weighted by Crippen LogP contribution is 2.19. The van der Waals surface area contributed by atoms with Gasteiger partial charge in [-0.25, -0.2) is 0 Å². The number of hydrogen-bond acceptors (Lipinski definition) is 4. The van der Waals surface area contributed by atoms with Crippen LogP contribution < -0.4 is 0 Å². The Labute approximate surface area is 138 Å². The molecule has 5 nitrogen and oxygen atoms in total. The van der Waals surface area contributed by atoms with Crippen molar-refractivity contribution in [2.45, 2.75) is 24.3 Å². The van der Waals surface area contributed by atoms with E-state index in [4.69, 9.17) is 10.00 Å². The number of likely N-dealkylation sites (tertiary alicyclic amines) is 1. The fourth-order valence-corrected chi connectivity index (χ4v) is 2.71. The van der Waals surface area contributed by atoms with E-state index < -0.39 is 10.8 Å². The number of amides is 1. The summed E-state index contributed by atoms with van der Waals surface area (Å²) in [7, 11) is 0. The van der Waals surface area contributed by atoms with Crippen LogP contribution in [0.1, 0.15) is 18.4 Å². The summed E-state index contributed by atoms with van der Waals surface area (Å²) in [6.45, 7) is 1.15. The normalized spacial score (nSPS) is 16.6. The summed E-state index contributed by atoms with van der Waals surface area (Å²) in [5, 5.41) is 8.85. The lowest BCUT2D eigenvalue weighted by atomic mass is 9.98. The second-order valence-corrected chi connectivity index (χ2v) is 6.10. The Bertz CT molecular complexity index is 563. The second-order valence-electron chi connectivity index (χ2n) is 5.18. The zero-order valence-corrected chi connectivity index (χ0v) is 13.7. The van der Waals surface area contributed by atoms with Crippen molar-refractivity contribution >= 4 is 27.8 Å². The number of hydrogen-bond donors (Lipinski definition) is 0. The smallest absolute Gasteiger partial charge is 0.329 e. The molecule has 1 aliphatic rings. The summed E-state index contributed by atoms with van der Waals surface area (Å²) < 4.78 is 5.16. The highest BCUT2D eigenvalue weighted by atomic mass is 79.9. The molecule has 0 spiro atoms. The summed E-state index contributed by atoms with van der Waals surface area (Å²) in [4.78, 5) is 24.8. The SMILES string of the molecule is N#CC1CCN(C(=O)[C@H](Br)C(=O)OCc2ccccc2)CC1. The third-order valence-electron chi connectivity index (χ3n) is 3.64. The maximum Gasteiger partial charge on any atom is 0.329 e. The number of carbonyl (C=O) groups is 2. The molecule has 1 fully saturated rings. The monoisotopic (exact) mass is 364 g/mol. The molecule has 2 rings (SSSR count). The molecule has 1 amide bonds. The molecule has 1 aromatic rings. The molecule has 6 heteroatoms. The van der Waals surface area contributed by atoms with Gasteiger partial charge in [-0.15, -0.1) is 0 Å². The molecule has 116 valence electrons. The summed E-state index contributed by atoms with van der Waals surface area (Å²) in [6, 6.07) is 11.5. The van der Waals surface area contributed by atoms with Crippen LogP contribution in [0.4, 0.5) is 0 Å². The van der Waals surface area contributed by atoms with Gasteiger partial charge in [-0.2, -0.15) is 5.26 Å². The van der Waals surface area contributed by atoms with E-state index >= 15 is 0 Å². The number of piperidine rings is 1. The summed E-state index contributed by atoms with van der Waals surface area (Å²) >= 11 is 3.12. The summed E-state index contributed by atoms with van der Waals surface area (Å²) in [5.74, 6) is -0.881. The molecule has 1 aliphatic heterocycles. The van der Waals surface area contributed by atoms with Gasteiger partial charge in [-0.05, 0) is 18.4 Å². The average Bonchev–Trinajstić information content (AvgIpc) is 2.59. The molecule has 0 N–H and O–H groups in total. The average molecular weight is 365 g/mol. The molecular formula is C16H17BrN2O3. The topological polar surface area (TPSA) is 70.4 Å². The minimum absolute atomic E-state index is 0.00265. The largest absolute Gasteiger partial charge is 0.460 e. The zero-order valence-electron chi connectivity index (χ0n) is 12.1. The van der Waals surface area contributed by atoms with Gasteiger partial charge in [-0.3, -0.25) is 9.59 Å². The van der Waals surface area contributed by atoms with Gasteiger partial charge in [0, 0.05) is 19.0 Å². The predicted octanol–water partition coefficient (Wildman–Crippen LogP) is 2.26. The van der Waals surface area contributed by atoms with E-state index in [2.05, 4.69) is 22.0 Å². The molecule has 0 radical (unpaired) electrons. The van der Waals surface area contributed by atoms with Gasteiger partial charge in [-0.1, -0.05) is 46.3 Å². The number of nitriles is 1. The van der Waals surface area contributed by atoms with Crippen molar-refractivity contribution in [2.24, 2.45) is 5.92 Å². The van der Waals surface area contributed by atoms with Gasteiger partial charge < -0.3 is 9.64 Å². The van der Waals surface area contributed by atoms with Crippen molar-refractivity contribution in [1.29, 1.82) is 5.26 Å². The maximum absolute atomic E-state index is 12.2. The Morgan fingerprint density at radius 3 is 2.55 bits per heavy atom. The number of carbonyl (C=O) groups excluding carboxylic acids is 2. The molecular weight excluding hydrogens is 348 g/mol. The first-order valence-corrected chi connectivity index (χ1v) is 8.06. The van der Waals surface area contributed by atoms with E-state index in [0.717, 1.165) is 5.56 Å². The van der Waals surface area contributed by atoms with Crippen LogP contribution in [-0.2, 0) is 20.9 Å². The van der Waals surface area contributed by atoms with Crippen molar-refractivity contribution < 1.29 is 14.3 Å². The van der Waals surface area contributed by atoms with Crippen molar-refractivity contribution in [3.8, 4) is 6.07 Å². The highest BCUT2D eigenvalue weighted by Gasteiger charge is 2.32. The van der Waals surface area contributed by atoms with Crippen LogP contribution in [0.15, 0.2) is 30.3 Å². The molecule has 0 saturated carbocycles. The van der Waals surface area contributed by atoms with Crippen LogP contribution >= 0.6 is 15.9 Å². The van der Waals surface area contributed by atoms with E-state index in [1.54, 1.807) is 4.90 Å². The van der Waals surface area contributed by atoms with Gasteiger partial charge >= 0.3 is 5.97 Å². The quantitative estimate of drug-likeness (QED) is 0.466. The minimum atomic E-state index is -0.991. The van der Waals surface area contributed by atoms with Gasteiger partial charge in [0.15, 0.2) is 4.83 Å². The van der Waals surface area contributed by atoms with Gasteiger partial charge in [0.05, 0.1) is 6.07 Å². The lowest BCUT2D eigenvalue weighted by molar-refractivity contribution is -0.149. The standard InChI is InChI=1S/C16H17BrN2O3/c17-14(15(20)19-8-6-12(10-18)7-9-19)16(21)22-11-13-4-2-1-3-5-13/h1-5,12,14H,6-9,11H2/t14-/m0/s1. The van der Waals surface area contributed by atoms with E-state index in [9.17, 15) is 9.59 Å². The van der Waals surface area contributed by atoms with Crippen molar-refractivity contribution in [3.63, 3.8) is 0 Å².